The van der Waals surface area contributed by atoms with Gasteiger partial charge in [-0.15, -0.1) is 0 Å². The number of aromatic nitrogens is 1. The van der Waals surface area contributed by atoms with Crippen LogP contribution in [-0.2, 0) is 4.74 Å². The summed E-state index contributed by atoms with van der Waals surface area (Å²) in [6.45, 7) is 0. The van der Waals surface area contributed by atoms with Crippen LogP contribution in [-0.4, -0.2) is 29.3 Å². The number of methoxy groups -OCH3 is 1. The molecule has 6 heteroatoms. The zero-order chi connectivity index (χ0) is 18.8. The first-order valence-corrected chi connectivity index (χ1v) is 9.38. The zero-order valence-corrected chi connectivity index (χ0v) is 15.8. The monoisotopic (exact) mass is 383 g/mol. The van der Waals surface area contributed by atoms with Gasteiger partial charge in [-0.2, -0.15) is 0 Å². The zero-order valence-electron chi connectivity index (χ0n) is 15.0. The minimum atomic E-state index is -1.01. The van der Waals surface area contributed by atoms with E-state index in [9.17, 15) is 5.11 Å². The summed E-state index contributed by atoms with van der Waals surface area (Å²) in [7, 11) is 1.47. The smallest absolute Gasteiger partial charge is 0.182 e. The summed E-state index contributed by atoms with van der Waals surface area (Å²) in [6.07, 6.45) is 11.2. The average Bonchev–Trinajstić information content (AvgIpc) is 3.12. The van der Waals surface area contributed by atoms with Gasteiger partial charge in [-0.3, -0.25) is 4.98 Å². The highest BCUT2D eigenvalue weighted by Crippen LogP contribution is 2.35. The van der Waals surface area contributed by atoms with Gasteiger partial charge >= 0.3 is 0 Å². The Kier molecular flexibility index (Phi) is 5.16. The Bertz CT molecular complexity index is 869. The van der Waals surface area contributed by atoms with Gasteiger partial charge in [0.15, 0.2) is 6.29 Å². The third-order valence-electron chi connectivity index (χ3n) is 5.08. The molecule has 2 aliphatic rings. The fraction of sp³-hybridized carbons (Fsp3) is 0.286. The lowest BCUT2D eigenvalue weighted by Crippen LogP contribution is -2.34. The van der Waals surface area contributed by atoms with Gasteiger partial charge in [-0.25, -0.2) is 0 Å². The molecule has 2 N–H and O–H groups in total. The van der Waals surface area contributed by atoms with Gasteiger partial charge in [-0.05, 0) is 54.8 Å². The molecule has 1 aromatic carbocycles. The molecule has 0 saturated carbocycles. The Morgan fingerprint density at radius 3 is 3.00 bits per heavy atom. The lowest BCUT2D eigenvalue weighted by Gasteiger charge is -2.32. The van der Waals surface area contributed by atoms with Gasteiger partial charge in [0, 0.05) is 41.8 Å². The van der Waals surface area contributed by atoms with Gasteiger partial charge in [0.25, 0.3) is 0 Å². The van der Waals surface area contributed by atoms with E-state index in [1.807, 2.05) is 24.4 Å². The van der Waals surface area contributed by atoms with E-state index in [1.54, 1.807) is 12.3 Å². The molecule has 0 radical (unpaired) electrons. The van der Waals surface area contributed by atoms with Crippen LogP contribution in [0.5, 0.6) is 0 Å². The molecule has 1 aliphatic carbocycles. The van der Waals surface area contributed by atoms with E-state index in [0.717, 1.165) is 24.2 Å². The maximum Gasteiger partial charge on any atom is 0.182 e. The quantitative estimate of drug-likeness (QED) is 0.755. The molecule has 4 rings (SSSR count). The van der Waals surface area contributed by atoms with E-state index in [-0.39, 0.29) is 6.04 Å². The Hall–Kier alpha value is -2.34. The standard InChI is InChI=1S/C21H22ClN3O2/c1-27-21(26)18-12-15(22)4-6-19(18)24-16-5-7-20-14(11-16)8-10-25(20)17-3-2-9-23-13-17/h2-4,6,8-13,16,20-21,24,26H,5,7H2,1H3. The van der Waals surface area contributed by atoms with Crippen molar-refractivity contribution in [3.05, 3.63) is 77.2 Å². The van der Waals surface area contributed by atoms with Gasteiger partial charge in [0.1, 0.15) is 0 Å². The van der Waals surface area contributed by atoms with E-state index in [0.29, 0.717) is 16.6 Å². The second kappa shape index (κ2) is 7.72. The van der Waals surface area contributed by atoms with Crippen LogP contribution in [0.25, 0.3) is 0 Å². The highest BCUT2D eigenvalue weighted by molar-refractivity contribution is 6.30. The number of halogens is 1. The van der Waals surface area contributed by atoms with Crippen LogP contribution in [0.15, 0.2) is 66.7 Å². The van der Waals surface area contributed by atoms with Crippen molar-refractivity contribution in [1.29, 1.82) is 0 Å². The number of anilines is 2. The van der Waals surface area contributed by atoms with E-state index < -0.39 is 6.29 Å². The second-order valence-electron chi connectivity index (χ2n) is 6.76. The van der Waals surface area contributed by atoms with Gasteiger partial charge in [-0.1, -0.05) is 17.7 Å². The topological polar surface area (TPSA) is 57.6 Å². The molecule has 0 bridgehead atoms. The number of pyridine rings is 1. The number of nitrogens with one attached hydrogen (secondary N) is 1. The first kappa shape index (κ1) is 18.0. The molecule has 3 unspecified atom stereocenters. The average molecular weight is 384 g/mol. The Balaban J connectivity index is 1.53. The van der Waals surface area contributed by atoms with Crippen molar-refractivity contribution < 1.29 is 9.84 Å². The summed E-state index contributed by atoms with van der Waals surface area (Å²) in [5, 5.41) is 14.2. The number of benzene rings is 1. The summed E-state index contributed by atoms with van der Waals surface area (Å²) in [5.74, 6) is 0. The number of ether oxygens (including phenoxy) is 1. The van der Waals surface area contributed by atoms with Gasteiger partial charge < -0.3 is 20.1 Å². The molecule has 0 fully saturated rings. The third-order valence-corrected chi connectivity index (χ3v) is 5.32. The fourth-order valence-corrected chi connectivity index (χ4v) is 3.93. The molecule has 5 nitrogen and oxygen atoms in total. The third kappa shape index (κ3) is 3.72. The molecule has 1 aliphatic heterocycles. The number of rotatable bonds is 5. The summed E-state index contributed by atoms with van der Waals surface area (Å²) < 4.78 is 5.07. The SMILES string of the molecule is COC(O)c1cc(Cl)ccc1NC1C=C2C=CN(c3cccnc3)C2CC1. The number of hydrogen-bond acceptors (Lipinski definition) is 5. The van der Waals surface area contributed by atoms with Crippen molar-refractivity contribution >= 4 is 23.0 Å². The lowest BCUT2D eigenvalue weighted by molar-refractivity contribution is -0.0764. The van der Waals surface area contributed by atoms with Crippen molar-refractivity contribution in [3.63, 3.8) is 0 Å². The maximum absolute atomic E-state index is 10.1. The largest absolute Gasteiger partial charge is 0.378 e. The van der Waals surface area contributed by atoms with Crippen LogP contribution in [0.1, 0.15) is 24.7 Å². The first-order valence-electron chi connectivity index (χ1n) is 9.01. The Morgan fingerprint density at radius 2 is 2.22 bits per heavy atom. The number of aliphatic hydroxyl groups excluding tert-OH is 1. The summed E-state index contributed by atoms with van der Waals surface area (Å²) in [5.41, 5.74) is 3.88. The predicted molar refractivity (Wildman–Crippen MR) is 108 cm³/mol. The molecule has 2 aromatic rings. The molecule has 2 heterocycles. The van der Waals surface area contributed by atoms with E-state index in [4.69, 9.17) is 16.3 Å². The maximum atomic E-state index is 10.1. The normalized spacial score (nSPS) is 22.3. The minimum absolute atomic E-state index is 0.179. The summed E-state index contributed by atoms with van der Waals surface area (Å²) in [6, 6.07) is 10.00. The fourth-order valence-electron chi connectivity index (χ4n) is 3.75. The highest BCUT2D eigenvalue weighted by Gasteiger charge is 2.30. The summed E-state index contributed by atoms with van der Waals surface area (Å²) >= 11 is 6.08. The van der Waals surface area contributed by atoms with E-state index in [2.05, 4.69) is 39.6 Å². The molecule has 140 valence electrons. The predicted octanol–water partition coefficient (Wildman–Crippen LogP) is 4.28. The van der Waals surface area contributed by atoms with E-state index >= 15 is 0 Å². The van der Waals surface area contributed by atoms with Crippen LogP contribution in [0.3, 0.4) is 0 Å². The molecule has 27 heavy (non-hydrogen) atoms. The van der Waals surface area contributed by atoms with Crippen LogP contribution in [0.4, 0.5) is 11.4 Å². The Labute approximate surface area is 163 Å². The molecular weight excluding hydrogens is 362 g/mol. The van der Waals surface area contributed by atoms with E-state index in [1.165, 1.54) is 12.7 Å². The molecule has 1 aromatic heterocycles. The summed E-state index contributed by atoms with van der Waals surface area (Å²) in [4.78, 5) is 6.50. The van der Waals surface area contributed by atoms with Crippen LogP contribution in [0, 0.1) is 0 Å². The van der Waals surface area contributed by atoms with Gasteiger partial charge in [0.05, 0.1) is 17.9 Å². The Morgan fingerprint density at radius 1 is 1.33 bits per heavy atom. The van der Waals surface area contributed by atoms with Crippen LogP contribution < -0.4 is 10.2 Å². The molecular formula is C21H22ClN3O2. The number of hydrogen-bond donors (Lipinski definition) is 2. The van der Waals surface area contributed by atoms with Crippen molar-refractivity contribution in [1.82, 2.24) is 4.98 Å². The van der Waals surface area contributed by atoms with Crippen LogP contribution >= 0.6 is 11.6 Å². The van der Waals surface area contributed by atoms with Crippen molar-refractivity contribution in [2.75, 3.05) is 17.3 Å². The highest BCUT2D eigenvalue weighted by atomic mass is 35.5. The number of fused-ring (bicyclic) bond motifs is 1. The first-order chi connectivity index (χ1) is 13.2. The van der Waals surface area contributed by atoms with Crippen LogP contribution in [0.2, 0.25) is 5.02 Å². The number of aliphatic hydroxyl groups is 1. The van der Waals surface area contributed by atoms with Gasteiger partial charge in [0.2, 0.25) is 0 Å². The second-order valence-corrected chi connectivity index (χ2v) is 7.20. The lowest BCUT2D eigenvalue weighted by atomic mass is 9.91. The van der Waals surface area contributed by atoms with Crippen molar-refractivity contribution in [2.24, 2.45) is 0 Å². The van der Waals surface area contributed by atoms with Crippen molar-refractivity contribution in [3.8, 4) is 0 Å². The van der Waals surface area contributed by atoms with Crippen molar-refractivity contribution in [2.45, 2.75) is 31.2 Å². The molecule has 0 amide bonds. The molecule has 0 saturated heterocycles. The molecule has 0 spiro atoms. The minimum Gasteiger partial charge on any atom is -0.378 e. The number of nitrogens with zero attached hydrogens (tertiary/aromatic N) is 2. The molecule has 3 atom stereocenters.